The van der Waals surface area contributed by atoms with Crippen molar-refractivity contribution in [1.82, 2.24) is 20.5 Å². The molecule has 0 aliphatic carbocycles. The number of fused-ring (bicyclic) bond motifs is 1. The summed E-state index contributed by atoms with van der Waals surface area (Å²) < 4.78 is 7.28. The second-order valence-electron chi connectivity index (χ2n) is 5.89. The molecule has 7 nitrogen and oxygen atoms in total. The van der Waals surface area contributed by atoms with E-state index in [0.29, 0.717) is 18.8 Å². The molecule has 2 aromatic heterocycles. The SMILES string of the molecule is O=C(CNC(=O)NCCCn1ccc2ccccc21)NCc1ccco1. The van der Waals surface area contributed by atoms with Crippen molar-refractivity contribution in [2.75, 3.05) is 13.1 Å². The molecule has 0 spiro atoms. The first-order valence-electron chi connectivity index (χ1n) is 8.57. The van der Waals surface area contributed by atoms with Gasteiger partial charge in [-0.2, -0.15) is 0 Å². The zero-order chi connectivity index (χ0) is 18.2. The molecule has 3 aromatic rings. The minimum Gasteiger partial charge on any atom is -0.467 e. The number of carbonyl (C=O) groups excluding carboxylic acids is 2. The number of para-hydroxylation sites is 1. The number of aromatic nitrogens is 1. The van der Waals surface area contributed by atoms with E-state index in [1.54, 1.807) is 18.4 Å². The first kappa shape index (κ1) is 17.6. The van der Waals surface area contributed by atoms with Gasteiger partial charge in [-0.3, -0.25) is 4.79 Å². The van der Waals surface area contributed by atoms with Crippen LogP contribution in [0.3, 0.4) is 0 Å². The summed E-state index contributed by atoms with van der Waals surface area (Å²) in [7, 11) is 0. The molecule has 0 fully saturated rings. The highest BCUT2D eigenvalue weighted by Crippen LogP contribution is 2.15. The maximum atomic E-state index is 11.7. The summed E-state index contributed by atoms with van der Waals surface area (Å²) in [4.78, 5) is 23.4. The number of rotatable bonds is 8. The molecule has 26 heavy (non-hydrogen) atoms. The van der Waals surface area contributed by atoms with Gasteiger partial charge in [0, 0.05) is 24.8 Å². The summed E-state index contributed by atoms with van der Waals surface area (Å²) in [5.41, 5.74) is 1.19. The highest BCUT2D eigenvalue weighted by Gasteiger charge is 2.06. The lowest BCUT2D eigenvalue weighted by molar-refractivity contribution is -0.120. The standard InChI is InChI=1S/C19H22N4O3/c24-18(21-13-16-6-3-12-26-16)14-22-19(25)20-9-4-10-23-11-8-15-5-1-2-7-17(15)23/h1-3,5-8,11-12H,4,9-10,13-14H2,(H,21,24)(H2,20,22,25). The Balaban J connectivity index is 1.30. The number of hydrogen-bond acceptors (Lipinski definition) is 3. The zero-order valence-electron chi connectivity index (χ0n) is 14.4. The van der Waals surface area contributed by atoms with Gasteiger partial charge in [-0.15, -0.1) is 0 Å². The summed E-state index contributed by atoms with van der Waals surface area (Å²) in [5, 5.41) is 9.16. The van der Waals surface area contributed by atoms with Gasteiger partial charge in [-0.05, 0) is 36.1 Å². The van der Waals surface area contributed by atoms with Crippen molar-refractivity contribution in [2.24, 2.45) is 0 Å². The van der Waals surface area contributed by atoms with Crippen LogP contribution in [0.15, 0.2) is 59.3 Å². The van der Waals surface area contributed by atoms with Crippen LogP contribution >= 0.6 is 0 Å². The Kier molecular flexibility index (Phi) is 5.92. The van der Waals surface area contributed by atoms with Crippen LogP contribution in [0.25, 0.3) is 10.9 Å². The minimum absolute atomic E-state index is 0.0746. The van der Waals surface area contributed by atoms with E-state index in [9.17, 15) is 9.59 Å². The van der Waals surface area contributed by atoms with Crippen LogP contribution in [0.5, 0.6) is 0 Å². The van der Waals surface area contributed by atoms with Gasteiger partial charge in [0.15, 0.2) is 0 Å². The molecule has 1 aromatic carbocycles. The molecule has 136 valence electrons. The quantitative estimate of drug-likeness (QED) is 0.542. The van der Waals surface area contributed by atoms with Gasteiger partial charge in [0.1, 0.15) is 5.76 Å². The molecule has 2 heterocycles. The number of amides is 3. The number of aryl methyl sites for hydroxylation is 1. The van der Waals surface area contributed by atoms with Crippen molar-refractivity contribution in [1.29, 1.82) is 0 Å². The summed E-state index contributed by atoms with van der Waals surface area (Å²) in [6, 6.07) is 13.4. The number of urea groups is 1. The molecule has 3 N–H and O–H groups in total. The number of hydrogen-bond donors (Lipinski definition) is 3. The molecule has 0 bridgehead atoms. The van der Waals surface area contributed by atoms with E-state index in [0.717, 1.165) is 13.0 Å². The molecule has 3 rings (SSSR count). The number of nitrogens with zero attached hydrogens (tertiary/aromatic N) is 1. The lowest BCUT2D eigenvalue weighted by Crippen LogP contribution is -2.42. The molecule has 0 aliphatic heterocycles. The van der Waals surface area contributed by atoms with Crippen LogP contribution in [0, 0.1) is 0 Å². The lowest BCUT2D eigenvalue weighted by Gasteiger charge is -2.09. The Morgan fingerprint density at radius 2 is 1.88 bits per heavy atom. The van der Waals surface area contributed by atoms with Gasteiger partial charge in [0.2, 0.25) is 5.91 Å². The molecule has 0 unspecified atom stereocenters. The number of benzene rings is 1. The smallest absolute Gasteiger partial charge is 0.315 e. The fourth-order valence-electron chi connectivity index (χ4n) is 2.67. The fourth-order valence-corrected chi connectivity index (χ4v) is 2.67. The van der Waals surface area contributed by atoms with E-state index < -0.39 is 0 Å². The molecule has 0 saturated carbocycles. The van der Waals surface area contributed by atoms with Gasteiger partial charge in [-0.25, -0.2) is 4.79 Å². The van der Waals surface area contributed by atoms with Crippen molar-refractivity contribution in [3.63, 3.8) is 0 Å². The fraction of sp³-hybridized carbons (Fsp3) is 0.263. The second-order valence-corrected chi connectivity index (χ2v) is 5.89. The third kappa shape index (κ3) is 4.89. The molecular weight excluding hydrogens is 332 g/mol. The average Bonchev–Trinajstić information content (AvgIpc) is 3.32. The van der Waals surface area contributed by atoms with Crippen molar-refractivity contribution in [3.8, 4) is 0 Å². The first-order chi connectivity index (χ1) is 12.7. The molecule has 3 amide bonds. The van der Waals surface area contributed by atoms with E-state index >= 15 is 0 Å². The maximum absolute atomic E-state index is 11.7. The van der Waals surface area contributed by atoms with Gasteiger partial charge >= 0.3 is 6.03 Å². The topological polar surface area (TPSA) is 88.3 Å². The molecule has 7 heteroatoms. The zero-order valence-corrected chi connectivity index (χ0v) is 14.4. The van der Waals surface area contributed by atoms with E-state index in [2.05, 4.69) is 38.7 Å². The van der Waals surface area contributed by atoms with Gasteiger partial charge in [0.05, 0.1) is 19.4 Å². The van der Waals surface area contributed by atoms with Crippen LogP contribution in [0.1, 0.15) is 12.2 Å². The molecular formula is C19H22N4O3. The first-order valence-corrected chi connectivity index (χ1v) is 8.57. The Morgan fingerprint density at radius 1 is 1.00 bits per heavy atom. The summed E-state index contributed by atoms with van der Waals surface area (Å²) in [6.45, 7) is 1.58. The van der Waals surface area contributed by atoms with Crippen LogP contribution in [0.4, 0.5) is 4.79 Å². The number of furan rings is 1. The monoisotopic (exact) mass is 354 g/mol. The highest BCUT2D eigenvalue weighted by atomic mass is 16.3. The van der Waals surface area contributed by atoms with Crippen LogP contribution in [-0.4, -0.2) is 29.6 Å². The van der Waals surface area contributed by atoms with Crippen LogP contribution < -0.4 is 16.0 Å². The summed E-state index contributed by atoms with van der Waals surface area (Å²) in [5.74, 6) is 0.399. The predicted octanol–water partition coefficient (Wildman–Crippen LogP) is 2.24. The lowest BCUT2D eigenvalue weighted by atomic mass is 10.2. The average molecular weight is 354 g/mol. The molecule has 0 aliphatic rings. The third-order valence-corrected chi connectivity index (χ3v) is 3.99. The van der Waals surface area contributed by atoms with E-state index in [-0.39, 0.29) is 18.5 Å². The van der Waals surface area contributed by atoms with Crippen molar-refractivity contribution in [2.45, 2.75) is 19.5 Å². The Bertz CT molecular complexity index is 855. The highest BCUT2D eigenvalue weighted by molar-refractivity contribution is 5.83. The maximum Gasteiger partial charge on any atom is 0.315 e. The molecule has 0 atom stereocenters. The Morgan fingerprint density at radius 3 is 2.73 bits per heavy atom. The van der Waals surface area contributed by atoms with Gasteiger partial charge < -0.3 is 24.9 Å². The summed E-state index contributed by atoms with van der Waals surface area (Å²) in [6.07, 6.45) is 4.40. The van der Waals surface area contributed by atoms with Gasteiger partial charge in [-0.1, -0.05) is 18.2 Å². The predicted molar refractivity (Wildman–Crippen MR) is 98.5 cm³/mol. The molecule has 0 radical (unpaired) electrons. The van der Waals surface area contributed by atoms with Crippen LogP contribution in [0.2, 0.25) is 0 Å². The normalized spacial score (nSPS) is 10.6. The van der Waals surface area contributed by atoms with E-state index in [1.165, 1.54) is 10.9 Å². The van der Waals surface area contributed by atoms with Crippen molar-refractivity contribution < 1.29 is 14.0 Å². The van der Waals surface area contributed by atoms with E-state index in [4.69, 9.17) is 4.42 Å². The van der Waals surface area contributed by atoms with Gasteiger partial charge in [0.25, 0.3) is 0 Å². The molecule has 0 saturated heterocycles. The largest absolute Gasteiger partial charge is 0.467 e. The number of nitrogens with one attached hydrogen (secondary N) is 3. The van der Waals surface area contributed by atoms with Crippen molar-refractivity contribution in [3.05, 3.63) is 60.7 Å². The Labute approximate surface area is 151 Å². The minimum atomic E-state index is -0.351. The van der Waals surface area contributed by atoms with Crippen LogP contribution in [-0.2, 0) is 17.9 Å². The third-order valence-electron chi connectivity index (χ3n) is 3.99. The van der Waals surface area contributed by atoms with Crippen molar-refractivity contribution >= 4 is 22.8 Å². The Hall–Kier alpha value is -3.22. The second kappa shape index (κ2) is 8.75. The number of carbonyl (C=O) groups is 2. The van der Waals surface area contributed by atoms with E-state index in [1.807, 2.05) is 18.3 Å². The summed E-state index contributed by atoms with van der Waals surface area (Å²) >= 11 is 0.